The van der Waals surface area contributed by atoms with Crippen molar-refractivity contribution in [2.75, 3.05) is 20.4 Å². The molecule has 5 rings (SSSR count). The minimum absolute atomic E-state index is 0.174. The summed E-state index contributed by atoms with van der Waals surface area (Å²) in [6.07, 6.45) is 3.84. The number of hydrogen-bond donors (Lipinski definition) is 0. The molecule has 1 saturated heterocycles. The van der Waals surface area contributed by atoms with Crippen molar-refractivity contribution in [3.05, 3.63) is 60.3 Å². The monoisotopic (exact) mass is 405 g/mol. The molecule has 30 heavy (non-hydrogen) atoms. The highest BCUT2D eigenvalue weighted by atomic mass is 16.7. The van der Waals surface area contributed by atoms with E-state index in [0.29, 0.717) is 6.54 Å². The zero-order valence-electron chi connectivity index (χ0n) is 16.8. The molecule has 0 bridgehead atoms. The number of methoxy groups -OCH3 is 1. The molecule has 0 unspecified atom stereocenters. The summed E-state index contributed by atoms with van der Waals surface area (Å²) in [6.45, 7) is 1.71. The van der Waals surface area contributed by atoms with Crippen molar-refractivity contribution in [2.24, 2.45) is 0 Å². The van der Waals surface area contributed by atoms with Gasteiger partial charge < -0.3 is 14.2 Å². The third-order valence-electron chi connectivity index (χ3n) is 5.67. The van der Waals surface area contributed by atoms with Crippen LogP contribution in [0.1, 0.15) is 18.4 Å². The Bertz CT molecular complexity index is 1060. The Morgan fingerprint density at radius 3 is 2.83 bits per heavy atom. The lowest BCUT2D eigenvalue weighted by molar-refractivity contribution is -0.146. The highest BCUT2D eigenvalue weighted by molar-refractivity contribution is 5.76. The number of ether oxygens (including phenoxy) is 3. The summed E-state index contributed by atoms with van der Waals surface area (Å²) < 4.78 is 17.9. The number of esters is 1. The van der Waals surface area contributed by atoms with Gasteiger partial charge in [0.2, 0.25) is 6.79 Å². The molecule has 0 radical (unpaired) electrons. The number of aromatic nitrogens is 2. The predicted octanol–water partition coefficient (Wildman–Crippen LogP) is 3.41. The molecule has 1 fully saturated rings. The first-order valence-electron chi connectivity index (χ1n) is 10.1. The summed E-state index contributed by atoms with van der Waals surface area (Å²) in [4.78, 5) is 14.4. The Hall–Kier alpha value is -3.32. The fourth-order valence-corrected chi connectivity index (χ4v) is 4.16. The largest absolute Gasteiger partial charge is 0.468 e. The summed E-state index contributed by atoms with van der Waals surface area (Å²) in [5.41, 5.74) is 3.86. The van der Waals surface area contributed by atoms with Crippen LogP contribution in [0.25, 0.3) is 16.9 Å². The minimum atomic E-state index is -0.209. The maximum absolute atomic E-state index is 12.2. The van der Waals surface area contributed by atoms with Gasteiger partial charge in [0.25, 0.3) is 0 Å². The molecule has 0 aliphatic carbocycles. The topological polar surface area (TPSA) is 65.8 Å². The average Bonchev–Trinajstić information content (AvgIpc) is 3.53. The van der Waals surface area contributed by atoms with Crippen LogP contribution in [0.4, 0.5) is 0 Å². The normalized spacial score (nSPS) is 18.0. The molecular weight excluding hydrogens is 382 g/mol. The summed E-state index contributed by atoms with van der Waals surface area (Å²) in [5.74, 6) is 1.29. The second kappa shape index (κ2) is 7.84. The zero-order chi connectivity index (χ0) is 20.5. The third-order valence-corrected chi connectivity index (χ3v) is 5.67. The molecular formula is C23H23N3O4. The molecule has 2 aromatic carbocycles. The Kier molecular flexibility index (Phi) is 4.88. The van der Waals surface area contributed by atoms with Crippen LogP contribution in [0.2, 0.25) is 0 Å². The van der Waals surface area contributed by atoms with Gasteiger partial charge in [-0.1, -0.05) is 18.2 Å². The number of benzene rings is 2. The van der Waals surface area contributed by atoms with Crippen molar-refractivity contribution in [2.45, 2.75) is 25.4 Å². The van der Waals surface area contributed by atoms with E-state index in [4.69, 9.17) is 19.3 Å². The maximum Gasteiger partial charge on any atom is 0.323 e. The number of carbonyl (C=O) groups excluding carboxylic acids is 1. The van der Waals surface area contributed by atoms with Gasteiger partial charge in [0.15, 0.2) is 11.5 Å². The predicted molar refractivity (Wildman–Crippen MR) is 111 cm³/mol. The average molecular weight is 405 g/mol. The van der Waals surface area contributed by atoms with E-state index in [0.717, 1.165) is 53.4 Å². The molecule has 2 aliphatic rings. The SMILES string of the molecule is COC(=O)[C@@H]1CCCN1Cc1cn(-c2ccccc2)nc1-c1ccc2c(c1)OCO2. The molecule has 0 N–H and O–H groups in total. The summed E-state index contributed by atoms with van der Waals surface area (Å²) in [7, 11) is 1.45. The summed E-state index contributed by atoms with van der Waals surface area (Å²) >= 11 is 0. The fraction of sp³-hybridized carbons (Fsp3) is 0.304. The van der Waals surface area contributed by atoms with Gasteiger partial charge >= 0.3 is 5.97 Å². The lowest BCUT2D eigenvalue weighted by Crippen LogP contribution is -2.36. The summed E-state index contributed by atoms with van der Waals surface area (Å²) in [5, 5.41) is 4.89. The van der Waals surface area contributed by atoms with Gasteiger partial charge in [-0.2, -0.15) is 5.10 Å². The van der Waals surface area contributed by atoms with Crippen molar-refractivity contribution < 1.29 is 19.0 Å². The van der Waals surface area contributed by atoms with E-state index in [2.05, 4.69) is 4.90 Å². The Balaban J connectivity index is 1.53. The molecule has 0 amide bonds. The smallest absolute Gasteiger partial charge is 0.323 e. The number of para-hydroxylation sites is 1. The van der Waals surface area contributed by atoms with Crippen LogP contribution in [-0.2, 0) is 16.1 Å². The van der Waals surface area contributed by atoms with Crippen molar-refractivity contribution in [3.63, 3.8) is 0 Å². The molecule has 1 atom stereocenters. The number of hydrogen-bond acceptors (Lipinski definition) is 6. The number of nitrogens with zero attached hydrogens (tertiary/aromatic N) is 3. The number of rotatable bonds is 5. The van der Waals surface area contributed by atoms with Crippen LogP contribution >= 0.6 is 0 Å². The Morgan fingerprint density at radius 2 is 2.00 bits per heavy atom. The molecule has 2 aliphatic heterocycles. The van der Waals surface area contributed by atoms with Crippen LogP contribution in [0.3, 0.4) is 0 Å². The van der Waals surface area contributed by atoms with Gasteiger partial charge in [0, 0.05) is 23.9 Å². The fourth-order valence-electron chi connectivity index (χ4n) is 4.16. The first-order chi connectivity index (χ1) is 14.7. The van der Waals surface area contributed by atoms with Crippen LogP contribution in [0.15, 0.2) is 54.7 Å². The van der Waals surface area contributed by atoms with Crippen molar-refractivity contribution >= 4 is 5.97 Å². The highest BCUT2D eigenvalue weighted by Gasteiger charge is 2.32. The molecule has 3 heterocycles. The lowest BCUT2D eigenvalue weighted by atomic mass is 10.1. The highest BCUT2D eigenvalue weighted by Crippen LogP contribution is 2.37. The molecule has 1 aromatic heterocycles. The minimum Gasteiger partial charge on any atom is -0.468 e. The quantitative estimate of drug-likeness (QED) is 0.606. The van der Waals surface area contributed by atoms with E-state index in [1.807, 2.05) is 59.4 Å². The molecule has 0 saturated carbocycles. The van der Waals surface area contributed by atoms with E-state index in [9.17, 15) is 4.79 Å². The number of likely N-dealkylation sites (tertiary alicyclic amines) is 1. The zero-order valence-corrected chi connectivity index (χ0v) is 16.8. The van der Waals surface area contributed by atoms with Crippen molar-refractivity contribution in [1.82, 2.24) is 14.7 Å². The Morgan fingerprint density at radius 1 is 1.17 bits per heavy atom. The second-order valence-corrected chi connectivity index (χ2v) is 7.50. The number of fused-ring (bicyclic) bond motifs is 1. The van der Waals surface area contributed by atoms with Crippen molar-refractivity contribution in [3.8, 4) is 28.4 Å². The van der Waals surface area contributed by atoms with Gasteiger partial charge in [0.05, 0.1) is 18.5 Å². The molecule has 7 nitrogen and oxygen atoms in total. The Labute approximate surface area is 174 Å². The number of carbonyl (C=O) groups is 1. The van der Waals surface area contributed by atoms with E-state index in [1.54, 1.807) is 0 Å². The first kappa shape index (κ1) is 18.7. The van der Waals surface area contributed by atoms with Crippen LogP contribution in [0.5, 0.6) is 11.5 Å². The van der Waals surface area contributed by atoms with Crippen LogP contribution in [0, 0.1) is 0 Å². The first-order valence-corrected chi connectivity index (χ1v) is 10.1. The lowest BCUT2D eigenvalue weighted by Gasteiger charge is -2.22. The van der Waals surface area contributed by atoms with Crippen molar-refractivity contribution in [1.29, 1.82) is 0 Å². The van der Waals surface area contributed by atoms with E-state index >= 15 is 0 Å². The van der Waals surface area contributed by atoms with E-state index < -0.39 is 0 Å². The van der Waals surface area contributed by atoms with Gasteiger partial charge in [-0.15, -0.1) is 0 Å². The molecule has 154 valence electrons. The van der Waals surface area contributed by atoms with Gasteiger partial charge in [-0.25, -0.2) is 4.68 Å². The second-order valence-electron chi connectivity index (χ2n) is 7.50. The summed E-state index contributed by atoms with van der Waals surface area (Å²) in [6, 6.07) is 15.7. The van der Waals surface area contributed by atoms with Gasteiger partial charge in [0.1, 0.15) is 6.04 Å². The third kappa shape index (κ3) is 3.41. The van der Waals surface area contributed by atoms with Gasteiger partial charge in [-0.3, -0.25) is 9.69 Å². The van der Waals surface area contributed by atoms with E-state index in [-0.39, 0.29) is 18.8 Å². The van der Waals surface area contributed by atoms with E-state index in [1.165, 1.54) is 7.11 Å². The van der Waals surface area contributed by atoms with Gasteiger partial charge in [-0.05, 0) is 49.7 Å². The van der Waals surface area contributed by atoms with Crippen LogP contribution < -0.4 is 9.47 Å². The van der Waals surface area contributed by atoms with Crippen LogP contribution in [-0.4, -0.2) is 47.1 Å². The molecule has 7 heteroatoms. The standard InChI is InChI=1S/C23H23N3O4/c1-28-23(27)19-8-5-11-25(19)13-17-14-26(18-6-3-2-4-7-18)24-22(17)16-9-10-20-21(12-16)30-15-29-20/h2-4,6-7,9-10,12,14,19H,5,8,11,13,15H2,1H3/t19-/m0/s1. The molecule has 0 spiro atoms. The maximum atomic E-state index is 12.2. The molecule has 3 aromatic rings.